The molecule has 0 spiro atoms. The minimum absolute atomic E-state index is 0.0968. The number of benzene rings is 3. The Hall–Kier alpha value is -3.78. The molecule has 3 amide bonds. The van der Waals surface area contributed by atoms with Gasteiger partial charge in [-0.15, -0.1) is 11.8 Å². The van der Waals surface area contributed by atoms with Gasteiger partial charge in [0.2, 0.25) is 11.8 Å². The molecule has 8 heteroatoms. The van der Waals surface area contributed by atoms with Crippen molar-refractivity contribution in [1.29, 1.82) is 0 Å². The van der Waals surface area contributed by atoms with Crippen molar-refractivity contribution in [2.75, 3.05) is 23.9 Å². The number of hydrogen-bond donors (Lipinski definition) is 1. The molecule has 1 saturated heterocycles. The first-order chi connectivity index (χ1) is 16.0. The van der Waals surface area contributed by atoms with Gasteiger partial charge in [0.05, 0.1) is 18.0 Å². The van der Waals surface area contributed by atoms with E-state index in [1.807, 2.05) is 30.3 Å². The van der Waals surface area contributed by atoms with Crippen LogP contribution in [0, 0.1) is 0 Å². The summed E-state index contributed by atoms with van der Waals surface area (Å²) in [5.74, 6) is 0.531. The second kappa shape index (κ2) is 10.2. The molecule has 0 saturated carbocycles. The van der Waals surface area contributed by atoms with Crippen molar-refractivity contribution >= 4 is 40.9 Å². The van der Waals surface area contributed by atoms with E-state index in [1.165, 1.54) is 16.7 Å². The van der Waals surface area contributed by atoms with Crippen LogP contribution in [0.3, 0.4) is 0 Å². The quantitative estimate of drug-likeness (QED) is 0.507. The highest BCUT2D eigenvalue weighted by Gasteiger charge is 2.40. The van der Waals surface area contributed by atoms with Crippen LogP contribution in [0.5, 0.6) is 11.5 Å². The van der Waals surface area contributed by atoms with Gasteiger partial charge >= 0.3 is 0 Å². The van der Waals surface area contributed by atoms with Gasteiger partial charge in [0.25, 0.3) is 5.91 Å². The van der Waals surface area contributed by atoms with E-state index in [0.717, 1.165) is 4.90 Å². The first kappa shape index (κ1) is 22.4. The van der Waals surface area contributed by atoms with Gasteiger partial charge in [-0.2, -0.15) is 0 Å². The number of rotatable bonds is 8. The molecule has 7 nitrogen and oxygen atoms in total. The molecule has 0 aliphatic carbocycles. The molecule has 1 fully saturated rings. The molecule has 3 aromatic rings. The number of nitrogens with one attached hydrogen (secondary N) is 1. The molecule has 4 rings (SSSR count). The highest BCUT2D eigenvalue weighted by atomic mass is 32.2. The summed E-state index contributed by atoms with van der Waals surface area (Å²) in [6.07, 6.45) is 0.130. The largest absolute Gasteiger partial charge is 0.497 e. The minimum atomic E-state index is -0.501. The SMILES string of the molecule is COc1ccc(N2C(=O)CC(Sc3ccc(NC(=O)COc4ccccc4)cc3)C2=O)cc1. The first-order valence-electron chi connectivity index (χ1n) is 10.3. The zero-order valence-corrected chi connectivity index (χ0v) is 18.7. The molecule has 168 valence electrons. The Morgan fingerprint density at radius 1 is 0.970 bits per heavy atom. The Labute approximate surface area is 195 Å². The number of thioether (sulfide) groups is 1. The summed E-state index contributed by atoms with van der Waals surface area (Å²) < 4.78 is 10.6. The smallest absolute Gasteiger partial charge is 0.262 e. The third-order valence-electron chi connectivity index (χ3n) is 4.97. The van der Waals surface area contributed by atoms with E-state index >= 15 is 0 Å². The molecule has 1 heterocycles. The Kier molecular flexibility index (Phi) is 6.95. The molecule has 0 bridgehead atoms. The van der Waals surface area contributed by atoms with Gasteiger partial charge < -0.3 is 14.8 Å². The fraction of sp³-hybridized carbons (Fsp3) is 0.160. The number of hydrogen-bond acceptors (Lipinski definition) is 6. The zero-order valence-electron chi connectivity index (χ0n) is 17.9. The lowest BCUT2D eigenvalue weighted by atomic mass is 10.3. The van der Waals surface area contributed by atoms with Crippen molar-refractivity contribution < 1.29 is 23.9 Å². The number of carbonyl (C=O) groups is 3. The van der Waals surface area contributed by atoms with Crippen molar-refractivity contribution in [1.82, 2.24) is 0 Å². The summed E-state index contributed by atoms with van der Waals surface area (Å²) in [7, 11) is 1.56. The summed E-state index contributed by atoms with van der Waals surface area (Å²) in [6.45, 7) is -0.0968. The van der Waals surface area contributed by atoms with E-state index in [0.29, 0.717) is 22.9 Å². The maximum absolute atomic E-state index is 12.9. The number of imide groups is 1. The highest BCUT2D eigenvalue weighted by Crippen LogP contribution is 2.34. The molecule has 33 heavy (non-hydrogen) atoms. The number of nitrogens with zero attached hydrogens (tertiary/aromatic N) is 1. The maximum atomic E-state index is 12.9. The number of carbonyl (C=O) groups excluding carboxylic acids is 3. The number of amides is 3. The lowest BCUT2D eigenvalue weighted by molar-refractivity contribution is -0.121. The van der Waals surface area contributed by atoms with E-state index in [-0.39, 0.29) is 30.7 Å². The Balaban J connectivity index is 1.32. The Bertz CT molecular complexity index is 1130. The van der Waals surface area contributed by atoms with E-state index in [2.05, 4.69) is 5.32 Å². The van der Waals surface area contributed by atoms with Crippen LogP contribution >= 0.6 is 11.8 Å². The molecular weight excluding hydrogens is 440 g/mol. The minimum Gasteiger partial charge on any atom is -0.497 e. The molecule has 0 radical (unpaired) electrons. The highest BCUT2D eigenvalue weighted by molar-refractivity contribution is 8.00. The predicted molar refractivity (Wildman–Crippen MR) is 127 cm³/mol. The van der Waals surface area contributed by atoms with Crippen LogP contribution in [-0.2, 0) is 14.4 Å². The van der Waals surface area contributed by atoms with Crippen LogP contribution in [-0.4, -0.2) is 36.7 Å². The summed E-state index contributed by atoms with van der Waals surface area (Å²) in [5.41, 5.74) is 1.15. The molecule has 3 aromatic carbocycles. The molecule has 1 N–H and O–H groups in total. The predicted octanol–water partition coefficient (Wildman–Crippen LogP) is 4.14. The molecular formula is C25H22N2O5S. The van der Waals surface area contributed by atoms with Gasteiger partial charge in [-0.25, -0.2) is 4.90 Å². The molecule has 1 atom stereocenters. The normalized spacial score (nSPS) is 15.4. The van der Waals surface area contributed by atoms with Crippen molar-refractivity contribution in [3.8, 4) is 11.5 Å². The molecule has 1 aliphatic heterocycles. The topological polar surface area (TPSA) is 84.9 Å². The van der Waals surface area contributed by atoms with Gasteiger partial charge in [-0.3, -0.25) is 14.4 Å². The van der Waals surface area contributed by atoms with Gasteiger partial charge in [0.15, 0.2) is 6.61 Å². The van der Waals surface area contributed by atoms with Gasteiger partial charge in [-0.1, -0.05) is 18.2 Å². The van der Waals surface area contributed by atoms with Crippen LogP contribution in [0.15, 0.2) is 83.8 Å². The first-order valence-corrected chi connectivity index (χ1v) is 11.2. The average Bonchev–Trinajstić information content (AvgIpc) is 3.12. The monoisotopic (exact) mass is 462 g/mol. The summed E-state index contributed by atoms with van der Waals surface area (Å²) in [4.78, 5) is 39.5. The van der Waals surface area contributed by atoms with Crippen LogP contribution in [0.2, 0.25) is 0 Å². The van der Waals surface area contributed by atoms with E-state index in [9.17, 15) is 14.4 Å². The van der Waals surface area contributed by atoms with Crippen molar-refractivity contribution in [3.63, 3.8) is 0 Å². The maximum Gasteiger partial charge on any atom is 0.262 e. The summed E-state index contributed by atoms with van der Waals surface area (Å²) in [5, 5.41) is 2.27. The number of para-hydroxylation sites is 1. The lowest BCUT2D eigenvalue weighted by Crippen LogP contribution is -2.31. The third-order valence-corrected chi connectivity index (χ3v) is 6.16. The van der Waals surface area contributed by atoms with Crippen LogP contribution < -0.4 is 19.7 Å². The Morgan fingerprint density at radius 2 is 1.67 bits per heavy atom. The van der Waals surface area contributed by atoms with Crippen LogP contribution in [0.4, 0.5) is 11.4 Å². The van der Waals surface area contributed by atoms with E-state index < -0.39 is 5.25 Å². The van der Waals surface area contributed by atoms with Crippen molar-refractivity contribution in [2.45, 2.75) is 16.6 Å². The number of methoxy groups -OCH3 is 1. The Morgan fingerprint density at radius 3 is 2.33 bits per heavy atom. The van der Waals surface area contributed by atoms with Crippen LogP contribution in [0.25, 0.3) is 0 Å². The van der Waals surface area contributed by atoms with Crippen molar-refractivity contribution in [2.24, 2.45) is 0 Å². The van der Waals surface area contributed by atoms with Gasteiger partial charge in [0.1, 0.15) is 11.5 Å². The lowest BCUT2D eigenvalue weighted by Gasteiger charge is -2.15. The fourth-order valence-corrected chi connectivity index (χ4v) is 4.40. The van der Waals surface area contributed by atoms with E-state index in [4.69, 9.17) is 9.47 Å². The standard InChI is InChI=1S/C25H22N2O5S/c1-31-19-11-9-18(10-12-19)27-24(29)15-22(25(27)30)33-21-13-7-17(8-14-21)26-23(28)16-32-20-5-3-2-4-6-20/h2-14,22H,15-16H2,1H3,(H,26,28). The third kappa shape index (κ3) is 5.53. The summed E-state index contributed by atoms with van der Waals surface area (Å²) in [6, 6.07) is 23.1. The zero-order chi connectivity index (χ0) is 23.2. The number of anilines is 2. The summed E-state index contributed by atoms with van der Waals surface area (Å²) >= 11 is 1.33. The van der Waals surface area contributed by atoms with Gasteiger partial charge in [-0.05, 0) is 60.7 Å². The molecule has 0 aromatic heterocycles. The average molecular weight is 463 g/mol. The van der Waals surface area contributed by atoms with Crippen LogP contribution in [0.1, 0.15) is 6.42 Å². The van der Waals surface area contributed by atoms with E-state index in [1.54, 1.807) is 55.6 Å². The van der Waals surface area contributed by atoms with Crippen molar-refractivity contribution in [3.05, 3.63) is 78.9 Å². The second-order valence-corrected chi connectivity index (χ2v) is 8.53. The van der Waals surface area contributed by atoms with Gasteiger partial charge in [0, 0.05) is 17.0 Å². The second-order valence-electron chi connectivity index (χ2n) is 7.25. The molecule has 1 aliphatic rings. The fourth-order valence-electron chi connectivity index (χ4n) is 3.34. The number of ether oxygens (including phenoxy) is 2. The molecule has 1 unspecified atom stereocenters.